The SMILES string of the molecule is CCCC1CC1NC(=O)Nc1ccccc1C(=O)O. The van der Waals surface area contributed by atoms with Crippen LogP contribution >= 0.6 is 0 Å². The number of carboxylic acid groups (broad SMARTS) is 1. The molecule has 2 atom stereocenters. The molecule has 0 aromatic heterocycles. The fraction of sp³-hybridized carbons (Fsp3) is 0.429. The first-order valence-electron chi connectivity index (χ1n) is 6.51. The number of nitrogens with one attached hydrogen (secondary N) is 2. The Kier molecular flexibility index (Phi) is 4.04. The van der Waals surface area contributed by atoms with Crippen LogP contribution in [0.5, 0.6) is 0 Å². The van der Waals surface area contributed by atoms with Crippen LogP contribution in [-0.4, -0.2) is 23.1 Å². The average Bonchev–Trinajstić information content (AvgIpc) is 3.07. The van der Waals surface area contributed by atoms with Crippen LogP contribution in [-0.2, 0) is 0 Å². The molecule has 5 nitrogen and oxygen atoms in total. The van der Waals surface area contributed by atoms with Gasteiger partial charge in [0, 0.05) is 6.04 Å². The second-order valence-corrected chi connectivity index (χ2v) is 4.84. The normalized spacial score (nSPS) is 20.7. The minimum absolute atomic E-state index is 0.0959. The van der Waals surface area contributed by atoms with Crippen molar-refractivity contribution in [2.45, 2.75) is 32.2 Å². The smallest absolute Gasteiger partial charge is 0.337 e. The van der Waals surface area contributed by atoms with Crippen LogP contribution in [0, 0.1) is 5.92 Å². The average molecular weight is 262 g/mol. The third kappa shape index (κ3) is 3.47. The van der Waals surface area contributed by atoms with Gasteiger partial charge in [-0.1, -0.05) is 25.5 Å². The first-order chi connectivity index (χ1) is 9.11. The van der Waals surface area contributed by atoms with E-state index in [1.54, 1.807) is 18.2 Å². The lowest BCUT2D eigenvalue weighted by atomic mass is 10.2. The highest BCUT2D eigenvalue weighted by Gasteiger charge is 2.37. The van der Waals surface area contributed by atoms with Crippen molar-refractivity contribution in [1.82, 2.24) is 5.32 Å². The number of para-hydroxylation sites is 1. The van der Waals surface area contributed by atoms with Gasteiger partial charge in [-0.15, -0.1) is 0 Å². The molecule has 1 aromatic rings. The molecule has 0 aliphatic heterocycles. The molecule has 2 rings (SSSR count). The summed E-state index contributed by atoms with van der Waals surface area (Å²) in [4.78, 5) is 22.8. The predicted octanol–water partition coefficient (Wildman–Crippen LogP) is 2.69. The number of amides is 2. The summed E-state index contributed by atoms with van der Waals surface area (Å²) >= 11 is 0. The fourth-order valence-corrected chi connectivity index (χ4v) is 2.22. The summed E-state index contributed by atoms with van der Waals surface area (Å²) in [6.07, 6.45) is 3.25. The maximum absolute atomic E-state index is 11.8. The number of carbonyl (C=O) groups excluding carboxylic acids is 1. The van der Waals surface area contributed by atoms with E-state index in [9.17, 15) is 9.59 Å². The minimum atomic E-state index is -1.05. The van der Waals surface area contributed by atoms with Crippen molar-refractivity contribution < 1.29 is 14.7 Å². The van der Waals surface area contributed by atoms with E-state index in [1.807, 2.05) is 0 Å². The number of benzene rings is 1. The molecule has 1 fully saturated rings. The van der Waals surface area contributed by atoms with Gasteiger partial charge in [-0.25, -0.2) is 9.59 Å². The lowest BCUT2D eigenvalue weighted by molar-refractivity contribution is 0.0698. The molecule has 1 aromatic carbocycles. The summed E-state index contributed by atoms with van der Waals surface area (Å²) in [5.74, 6) is -0.475. The van der Waals surface area contributed by atoms with E-state index in [1.165, 1.54) is 6.07 Å². The second-order valence-electron chi connectivity index (χ2n) is 4.84. The molecule has 1 aliphatic carbocycles. The Labute approximate surface area is 112 Å². The molecule has 0 heterocycles. The second kappa shape index (κ2) is 5.73. The summed E-state index contributed by atoms with van der Waals surface area (Å²) in [7, 11) is 0. The van der Waals surface area contributed by atoms with Gasteiger partial charge in [-0.2, -0.15) is 0 Å². The van der Waals surface area contributed by atoms with Gasteiger partial charge < -0.3 is 15.7 Å². The van der Waals surface area contributed by atoms with Crippen molar-refractivity contribution in [3.8, 4) is 0 Å². The van der Waals surface area contributed by atoms with E-state index in [4.69, 9.17) is 5.11 Å². The van der Waals surface area contributed by atoms with E-state index >= 15 is 0 Å². The number of carboxylic acids is 1. The third-order valence-electron chi connectivity index (χ3n) is 3.30. The van der Waals surface area contributed by atoms with Crippen LogP contribution in [0.3, 0.4) is 0 Å². The van der Waals surface area contributed by atoms with Crippen LogP contribution in [0.4, 0.5) is 10.5 Å². The van der Waals surface area contributed by atoms with Crippen LogP contribution < -0.4 is 10.6 Å². The molecule has 3 N–H and O–H groups in total. The molecule has 102 valence electrons. The third-order valence-corrected chi connectivity index (χ3v) is 3.30. The number of hydrogen-bond acceptors (Lipinski definition) is 2. The number of rotatable bonds is 5. The largest absolute Gasteiger partial charge is 0.478 e. The molecule has 2 unspecified atom stereocenters. The summed E-state index contributed by atoms with van der Waals surface area (Å²) in [6, 6.07) is 6.27. The van der Waals surface area contributed by atoms with Crippen molar-refractivity contribution in [2.24, 2.45) is 5.92 Å². The maximum atomic E-state index is 11.8. The van der Waals surface area contributed by atoms with Crippen molar-refractivity contribution in [3.63, 3.8) is 0 Å². The van der Waals surface area contributed by atoms with E-state index in [2.05, 4.69) is 17.6 Å². The van der Waals surface area contributed by atoms with Crippen molar-refractivity contribution in [1.29, 1.82) is 0 Å². The number of carbonyl (C=O) groups is 2. The van der Waals surface area contributed by atoms with Gasteiger partial charge in [0.05, 0.1) is 11.3 Å². The Bertz CT molecular complexity index is 487. The van der Waals surface area contributed by atoms with Crippen molar-refractivity contribution in [3.05, 3.63) is 29.8 Å². The molecule has 0 saturated heterocycles. The number of hydrogen-bond donors (Lipinski definition) is 3. The molecule has 5 heteroatoms. The zero-order valence-corrected chi connectivity index (χ0v) is 10.8. The highest BCUT2D eigenvalue weighted by atomic mass is 16.4. The first kappa shape index (κ1) is 13.4. The van der Waals surface area contributed by atoms with Crippen LogP contribution in [0.1, 0.15) is 36.5 Å². The van der Waals surface area contributed by atoms with Crippen LogP contribution in [0.15, 0.2) is 24.3 Å². The van der Waals surface area contributed by atoms with Gasteiger partial charge in [0.1, 0.15) is 0 Å². The lowest BCUT2D eigenvalue weighted by Crippen LogP contribution is -2.32. The fourth-order valence-electron chi connectivity index (χ4n) is 2.22. The Hall–Kier alpha value is -2.04. The van der Waals surface area contributed by atoms with Gasteiger partial charge in [0.25, 0.3) is 0 Å². The highest BCUT2D eigenvalue weighted by molar-refractivity contribution is 6.00. The topological polar surface area (TPSA) is 78.4 Å². The van der Waals surface area contributed by atoms with Gasteiger partial charge in [0.15, 0.2) is 0 Å². The maximum Gasteiger partial charge on any atom is 0.337 e. The van der Waals surface area contributed by atoms with E-state index in [0.29, 0.717) is 11.6 Å². The number of anilines is 1. The molecule has 0 bridgehead atoms. The summed E-state index contributed by atoms with van der Waals surface area (Å²) in [5, 5.41) is 14.5. The Morgan fingerprint density at radius 2 is 2.11 bits per heavy atom. The number of urea groups is 1. The zero-order chi connectivity index (χ0) is 13.8. The standard InChI is InChI=1S/C14H18N2O3/c1-2-5-9-8-12(9)16-14(19)15-11-7-4-3-6-10(11)13(17)18/h3-4,6-7,9,12H,2,5,8H2,1H3,(H,17,18)(H2,15,16,19). The number of aromatic carboxylic acids is 1. The van der Waals surface area contributed by atoms with Gasteiger partial charge in [-0.05, 0) is 30.9 Å². The zero-order valence-electron chi connectivity index (χ0n) is 10.8. The summed E-state index contributed by atoms with van der Waals surface area (Å²) in [5.41, 5.74) is 0.416. The predicted molar refractivity (Wildman–Crippen MR) is 72.4 cm³/mol. The molecule has 0 spiro atoms. The van der Waals surface area contributed by atoms with E-state index in [-0.39, 0.29) is 17.6 Å². The van der Waals surface area contributed by atoms with Crippen molar-refractivity contribution >= 4 is 17.7 Å². The Balaban J connectivity index is 1.91. The molecule has 0 radical (unpaired) electrons. The first-order valence-corrected chi connectivity index (χ1v) is 6.51. The van der Waals surface area contributed by atoms with Gasteiger partial charge >= 0.3 is 12.0 Å². The highest BCUT2D eigenvalue weighted by Crippen LogP contribution is 2.34. The van der Waals surface area contributed by atoms with E-state index < -0.39 is 5.97 Å². The lowest BCUT2D eigenvalue weighted by Gasteiger charge is -2.09. The molecule has 1 saturated carbocycles. The van der Waals surface area contributed by atoms with Gasteiger partial charge in [-0.3, -0.25) is 0 Å². The summed E-state index contributed by atoms with van der Waals surface area (Å²) in [6.45, 7) is 2.12. The van der Waals surface area contributed by atoms with Gasteiger partial charge in [0.2, 0.25) is 0 Å². The molecular formula is C14H18N2O3. The minimum Gasteiger partial charge on any atom is -0.478 e. The Morgan fingerprint density at radius 1 is 1.37 bits per heavy atom. The molecule has 2 amide bonds. The van der Waals surface area contributed by atoms with E-state index in [0.717, 1.165) is 19.3 Å². The van der Waals surface area contributed by atoms with Crippen molar-refractivity contribution in [2.75, 3.05) is 5.32 Å². The molecular weight excluding hydrogens is 244 g/mol. The Morgan fingerprint density at radius 3 is 2.79 bits per heavy atom. The molecule has 19 heavy (non-hydrogen) atoms. The van der Waals surface area contributed by atoms with Crippen LogP contribution in [0.2, 0.25) is 0 Å². The molecule has 1 aliphatic rings. The van der Waals surface area contributed by atoms with Crippen LogP contribution in [0.25, 0.3) is 0 Å². The quantitative estimate of drug-likeness (QED) is 0.763. The summed E-state index contributed by atoms with van der Waals surface area (Å²) < 4.78 is 0. The monoisotopic (exact) mass is 262 g/mol.